The second-order valence-corrected chi connectivity index (χ2v) is 5.56. The topological polar surface area (TPSA) is 87.5 Å². The van der Waals surface area contributed by atoms with Gasteiger partial charge in [-0.2, -0.15) is 0 Å². The lowest BCUT2D eigenvalue weighted by Gasteiger charge is -2.30. The van der Waals surface area contributed by atoms with Crippen molar-refractivity contribution in [3.05, 3.63) is 0 Å². The summed E-state index contributed by atoms with van der Waals surface area (Å²) in [4.78, 5) is 24.8. The zero-order chi connectivity index (χ0) is 14.8. The SMILES string of the molecule is CC1CCN(CCCCNC(=O)CNC(=O)CN)CC1.Cl.Cl. The van der Waals surface area contributed by atoms with Crippen molar-refractivity contribution < 1.29 is 9.59 Å². The fourth-order valence-electron chi connectivity index (χ4n) is 2.29. The van der Waals surface area contributed by atoms with Gasteiger partial charge in [-0.1, -0.05) is 6.92 Å². The predicted molar refractivity (Wildman–Crippen MR) is 93.6 cm³/mol. The van der Waals surface area contributed by atoms with Crippen LogP contribution in [0, 0.1) is 5.92 Å². The average Bonchev–Trinajstić information content (AvgIpc) is 2.46. The lowest BCUT2D eigenvalue weighted by Crippen LogP contribution is -2.39. The molecule has 4 N–H and O–H groups in total. The maximum absolute atomic E-state index is 11.4. The van der Waals surface area contributed by atoms with Crippen molar-refractivity contribution in [2.75, 3.05) is 39.3 Å². The molecule has 0 spiro atoms. The minimum Gasteiger partial charge on any atom is -0.355 e. The van der Waals surface area contributed by atoms with Crippen LogP contribution >= 0.6 is 24.8 Å². The van der Waals surface area contributed by atoms with Crippen molar-refractivity contribution in [3.63, 3.8) is 0 Å². The molecular weight excluding hydrogens is 327 g/mol. The molecule has 0 aliphatic carbocycles. The van der Waals surface area contributed by atoms with Gasteiger partial charge in [0.2, 0.25) is 11.8 Å². The molecular formula is C14H30Cl2N4O2. The number of likely N-dealkylation sites (tertiary alicyclic amines) is 1. The van der Waals surface area contributed by atoms with E-state index >= 15 is 0 Å². The number of nitrogens with two attached hydrogens (primary N) is 1. The number of hydrogen-bond donors (Lipinski definition) is 3. The summed E-state index contributed by atoms with van der Waals surface area (Å²) in [5, 5.41) is 5.24. The Kier molecular flexibility index (Phi) is 15.1. The van der Waals surface area contributed by atoms with Gasteiger partial charge in [0.1, 0.15) is 0 Å². The maximum Gasteiger partial charge on any atom is 0.239 e. The number of carbonyl (C=O) groups excluding carboxylic acids is 2. The fourth-order valence-corrected chi connectivity index (χ4v) is 2.29. The molecule has 0 aromatic heterocycles. The Labute approximate surface area is 145 Å². The zero-order valence-electron chi connectivity index (χ0n) is 13.3. The quantitative estimate of drug-likeness (QED) is 0.553. The number of hydrogen-bond acceptors (Lipinski definition) is 4. The monoisotopic (exact) mass is 356 g/mol. The van der Waals surface area contributed by atoms with Gasteiger partial charge in [0, 0.05) is 6.54 Å². The van der Waals surface area contributed by atoms with Crippen LogP contribution < -0.4 is 16.4 Å². The van der Waals surface area contributed by atoms with Gasteiger partial charge in [-0.3, -0.25) is 9.59 Å². The smallest absolute Gasteiger partial charge is 0.239 e. The van der Waals surface area contributed by atoms with Crippen LogP contribution in [0.15, 0.2) is 0 Å². The highest BCUT2D eigenvalue weighted by Gasteiger charge is 2.14. The molecule has 2 amide bonds. The van der Waals surface area contributed by atoms with Crippen LogP contribution in [-0.2, 0) is 9.59 Å². The number of unbranched alkanes of at least 4 members (excludes halogenated alkanes) is 1. The fraction of sp³-hybridized carbons (Fsp3) is 0.857. The van der Waals surface area contributed by atoms with Crippen molar-refractivity contribution in [2.24, 2.45) is 11.7 Å². The standard InChI is InChI=1S/C14H28N4O2.2ClH/c1-12-4-8-18(9-5-12)7-3-2-6-16-14(20)11-17-13(19)10-15;;/h12H,2-11,15H2,1H3,(H,16,20)(H,17,19);2*1H. The van der Waals surface area contributed by atoms with E-state index in [-0.39, 0.29) is 49.7 Å². The third-order valence-electron chi connectivity index (χ3n) is 3.73. The highest BCUT2D eigenvalue weighted by molar-refractivity contribution is 5.86. The summed E-state index contributed by atoms with van der Waals surface area (Å²) < 4.78 is 0. The van der Waals surface area contributed by atoms with Gasteiger partial charge < -0.3 is 21.3 Å². The lowest BCUT2D eigenvalue weighted by atomic mass is 9.99. The minimum atomic E-state index is -0.306. The van der Waals surface area contributed by atoms with E-state index < -0.39 is 0 Å². The molecule has 0 atom stereocenters. The van der Waals surface area contributed by atoms with Crippen LogP contribution in [0.4, 0.5) is 0 Å². The molecule has 22 heavy (non-hydrogen) atoms. The summed E-state index contributed by atoms with van der Waals surface area (Å²) in [6.07, 6.45) is 4.68. The van der Waals surface area contributed by atoms with Crippen LogP contribution in [0.3, 0.4) is 0 Å². The van der Waals surface area contributed by atoms with Crippen LogP contribution in [0.2, 0.25) is 0 Å². The molecule has 0 bridgehead atoms. The number of piperidine rings is 1. The molecule has 132 valence electrons. The number of nitrogens with zero attached hydrogens (tertiary/aromatic N) is 1. The number of rotatable bonds is 8. The summed E-state index contributed by atoms with van der Waals surface area (Å²) in [6.45, 7) is 6.45. The van der Waals surface area contributed by atoms with Gasteiger partial charge in [0.15, 0.2) is 0 Å². The Morgan fingerprint density at radius 2 is 1.73 bits per heavy atom. The molecule has 1 heterocycles. The van der Waals surface area contributed by atoms with E-state index in [1.165, 1.54) is 25.9 Å². The number of halogens is 2. The van der Waals surface area contributed by atoms with Gasteiger partial charge in [-0.25, -0.2) is 0 Å². The van der Waals surface area contributed by atoms with Gasteiger partial charge in [-0.05, 0) is 51.2 Å². The zero-order valence-corrected chi connectivity index (χ0v) is 14.9. The van der Waals surface area contributed by atoms with E-state index in [4.69, 9.17) is 5.73 Å². The summed E-state index contributed by atoms with van der Waals surface area (Å²) in [5.74, 6) is 0.410. The van der Waals surface area contributed by atoms with E-state index in [2.05, 4.69) is 22.5 Å². The third kappa shape index (κ3) is 11.1. The maximum atomic E-state index is 11.4. The first-order chi connectivity index (χ1) is 9.61. The van der Waals surface area contributed by atoms with Crippen LogP contribution in [0.5, 0.6) is 0 Å². The van der Waals surface area contributed by atoms with Gasteiger partial charge in [0.05, 0.1) is 13.1 Å². The second-order valence-electron chi connectivity index (χ2n) is 5.56. The predicted octanol–water partition coefficient (Wildman–Crippen LogP) is 0.533. The van der Waals surface area contributed by atoms with Crippen molar-refractivity contribution in [1.82, 2.24) is 15.5 Å². The highest BCUT2D eigenvalue weighted by atomic mass is 35.5. The lowest BCUT2D eigenvalue weighted by molar-refractivity contribution is -0.125. The Hall–Kier alpha value is -0.560. The Bertz CT molecular complexity index is 311. The molecule has 1 rings (SSSR count). The number of carbonyl (C=O) groups is 2. The molecule has 1 aliphatic heterocycles. The van der Waals surface area contributed by atoms with Gasteiger partial charge in [0.25, 0.3) is 0 Å². The van der Waals surface area contributed by atoms with Gasteiger partial charge in [-0.15, -0.1) is 24.8 Å². The van der Waals surface area contributed by atoms with Crippen LogP contribution in [-0.4, -0.2) is 56.0 Å². The molecule has 0 aromatic carbocycles. The van der Waals surface area contributed by atoms with Crippen LogP contribution in [0.25, 0.3) is 0 Å². The molecule has 1 fully saturated rings. The number of nitrogens with one attached hydrogen (secondary N) is 2. The summed E-state index contributed by atoms with van der Waals surface area (Å²) in [6, 6.07) is 0. The first kappa shape index (κ1) is 23.7. The summed E-state index contributed by atoms with van der Waals surface area (Å²) >= 11 is 0. The van der Waals surface area contributed by atoms with Crippen LogP contribution in [0.1, 0.15) is 32.6 Å². The Morgan fingerprint density at radius 3 is 2.32 bits per heavy atom. The first-order valence-corrected chi connectivity index (χ1v) is 7.57. The van der Waals surface area contributed by atoms with Crippen molar-refractivity contribution in [2.45, 2.75) is 32.6 Å². The van der Waals surface area contributed by atoms with E-state index in [1.54, 1.807) is 0 Å². The molecule has 1 aliphatic rings. The van der Waals surface area contributed by atoms with Gasteiger partial charge >= 0.3 is 0 Å². The molecule has 1 saturated heterocycles. The molecule has 0 aromatic rings. The first-order valence-electron chi connectivity index (χ1n) is 7.57. The van der Waals surface area contributed by atoms with Crippen molar-refractivity contribution >= 4 is 36.6 Å². The summed E-state index contributed by atoms with van der Waals surface area (Å²) in [5.41, 5.74) is 5.13. The minimum absolute atomic E-state index is 0. The Morgan fingerprint density at radius 1 is 1.09 bits per heavy atom. The molecule has 0 saturated carbocycles. The van der Waals surface area contributed by atoms with Crippen molar-refractivity contribution in [3.8, 4) is 0 Å². The average molecular weight is 357 g/mol. The van der Waals surface area contributed by atoms with E-state index in [1.807, 2.05) is 0 Å². The van der Waals surface area contributed by atoms with E-state index in [0.29, 0.717) is 6.54 Å². The van der Waals surface area contributed by atoms with E-state index in [9.17, 15) is 9.59 Å². The number of amides is 2. The Balaban J connectivity index is 0. The normalized spacial score (nSPS) is 15.4. The molecule has 0 unspecified atom stereocenters. The van der Waals surface area contributed by atoms with E-state index in [0.717, 1.165) is 25.3 Å². The third-order valence-corrected chi connectivity index (χ3v) is 3.73. The largest absolute Gasteiger partial charge is 0.355 e. The molecule has 0 radical (unpaired) electrons. The highest BCUT2D eigenvalue weighted by Crippen LogP contribution is 2.15. The summed E-state index contributed by atoms with van der Waals surface area (Å²) in [7, 11) is 0. The molecule has 8 heteroatoms. The molecule has 6 nitrogen and oxygen atoms in total. The van der Waals surface area contributed by atoms with Crippen molar-refractivity contribution in [1.29, 1.82) is 0 Å². The second kappa shape index (κ2) is 14.1.